The second-order valence-corrected chi connectivity index (χ2v) is 7.07. The number of carbonyl (C=O) groups excluding carboxylic acids is 2. The normalized spacial score (nSPS) is 11.4. The smallest absolute Gasteiger partial charge is 0.321 e. The van der Waals surface area contributed by atoms with Gasteiger partial charge in [0, 0.05) is 17.2 Å². The Bertz CT molecular complexity index is 979. The highest BCUT2D eigenvalue weighted by Gasteiger charge is 2.12. The quantitative estimate of drug-likeness (QED) is 0.649. The average molecular weight is 410 g/mol. The second kappa shape index (κ2) is 9.72. The maximum Gasteiger partial charge on any atom is 0.321 e. The van der Waals surface area contributed by atoms with E-state index in [4.69, 9.17) is 0 Å². The van der Waals surface area contributed by atoms with Gasteiger partial charge in [0.05, 0.1) is 0 Å². The van der Waals surface area contributed by atoms with Crippen LogP contribution in [0.4, 0.5) is 14.5 Å². The fourth-order valence-electron chi connectivity index (χ4n) is 1.91. The Morgan fingerprint density at radius 1 is 1.04 bits per heavy atom. The minimum Gasteiger partial charge on any atom is -0.455 e. The number of amides is 1. The zero-order chi connectivity index (χ0) is 20.6. The van der Waals surface area contributed by atoms with Crippen LogP contribution in [0.25, 0.3) is 6.08 Å². The molecule has 10 heteroatoms. The topological polar surface area (TPSA) is 102 Å². The van der Waals surface area contributed by atoms with E-state index in [2.05, 4.69) is 10.1 Å². The summed E-state index contributed by atoms with van der Waals surface area (Å²) in [5, 5.41) is 3.10. The Hall–Kier alpha value is -3.11. The van der Waals surface area contributed by atoms with Gasteiger partial charge in [0.2, 0.25) is 10.0 Å². The van der Waals surface area contributed by atoms with Crippen LogP contribution in [-0.2, 0) is 24.3 Å². The molecule has 2 aromatic rings. The predicted octanol–water partition coefficient (Wildman–Crippen LogP) is 2.04. The highest BCUT2D eigenvalue weighted by atomic mass is 32.2. The number of carbonyl (C=O) groups is 2. The summed E-state index contributed by atoms with van der Waals surface area (Å²) in [4.78, 5) is 23.2. The number of ether oxygens (including phenoxy) is 1. The Morgan fingerprint density at radius 3 is 2.43 bits per heavy atom. The number of hydrogen-bond donors (Lipinski definition) is 2. The molecule has 2 N–H and O–H groups in total. The van der Waals surface area contributed by atoms with Gasteiger partial charge in [-0.3, -0.25) is 9.59 Å². The molecular weight excluding hydrogens is 394 g/mol. The molecule has 7 nitrogen and oxygen atoms in total. The first-order valence-electron chi connectivity index (χ1n) is 7.88. The fraction of sp³-hybridized carbons (Fsp3) is 0.111. The molecule has 0 aliphatic carbocycles. The summed E-state index contributed by atoms with van der Waals surface area (Å²) in [6.07, 6.45) is 1.35. The first kappa shape index (κ1) is 21.2. The molecule has 0 unspecified atom stereocenters. The van der Waals surface area contributed by atoms with Crippen LogP contribution >= 0.6 is 0 Å². The van der Waals surface area contributed by atoms with E-state index in [-0.39, 0.29) is 5.69 Å². The third-order valence-electron chi connectivity index (χ3n) is 3.22. The summed E-state index contributed by atoms with van der Waals surface area (Å²) >= 11 is 0. The van der Waals surface area contributed by atoms with E-state index in [1.165, 1.54) is 6.08 Å². The maximum absolute atomic E-state index is 13.0. The molecule has 0 spiro atoms. The zero-order valence-corrected chi connectivity index (χ0v) is 15.2. The van der Waals surface area contributed by atoms with Gasteiger partial charge in [-0.05, 0) is 23.8 Å². The van der Waals surface area contributed by atoms with Crippen LogP contribution in [0.15, 0.2) is 53.9 Å². The van der Waals surface area contributed by atoms with Crippen LogP contribution in [0.1, 0.15) is 5.56 Å². The molecule has 2 rings (SSSR count). The molecule has 0 aliphatic rings. The first-order valence-corrected chi connectivity index (χ1v) is 9.43. The van der Waals surface area contributed by atoms with Gasteiger partial charge in [0.15, 0.2) is 18.2 Å². The van der Waals surface area contributed by atoms with Gasteiger partial charge in [-0.15, -0.1) is 0 Å². The van der Waals surface area contributed by atoms with E-state index < -0.39 is 46.7 Å². The summed E-state index contributed by atoms with van der Waals surface area (Å²) in [5.41, 5.74) is 0.635. The summed E-state index contributed by atoms with van der Waals surface area (Å²) in [6.45, 7) is -1.40. The molecule has 0 aromatic heterocycles. The second-order valence-electron chi connectivity index (χ2n) is 5.42. The molecule has 0 heterocycles. The number of rotatable bonds is 8. The van der Waals surface area contributed by atoms with Gasteiger partial charge < -0.3 is 10.1 Å². The molecule has 0 radical (unpaired) electrons. The predicted molar refractivity (Wildman–Crippen MR) is 98.3 cm³/mol. The summed E-state index contributed by atoms with van der Waals surface area (Å²) in [5.74, 6) is -4.01. The number of benzene rings is 2. The molecule has 0 atom stereocenters. The highest BCUT2D eigenvalue weighted by molar-refractivity contribution is 7.92. The molecule has 0 saturated heterocycles. The lowest BCUT2D eigenvalue weighted by Crippen LogP contribution is -2.31. The minimum absolute atomic E-state index is 0.0216. The van der Waals surface area contributed by atoms with Gasteiger partial charge in [0.1, 0.15) is 6.54 Å². The number of nitrogens with one attached hydrogen (secondary N) is 2. The number of hydrogen-bond acceptors (Lipinski definition) is 5. The highest BCUT2D eigenvalue weighted by Crippen LogP contribution is 2.12. The molecule has 28 heavy (non-hydrogen) atoms. The zero-order valence-electron chi connectivity index (χ0n) is 14.4. The maximum atomic E-state index is 13.0. The Balaban J connectivity index is 1.76. The molecule has 148 valence electrons. The van der Waals surface area contributed by atoms with Crippen LogP contribution < -0.4 is 10.0 Å². The van der Waals surface area contributed by atoms with Crippen LogP contribution in [0.2, 0.25) is 0 Å². The number of esters is 1. The van der Waals surface area contributed by atoms with Gasteiger partial charge in [-0.2, -0.15) is 0 Å². The summed E-state index contributed by atoms with van der Waals surface area (Å²) in [6, 6.07) is 11.4. The minimum atomic E-state index is -3.88. The first-order chi connectivity index (χ1) is 13.2. The van der Waals surface area contributed by atoms with Crippen molar-refractivity contribution < 1.29 is 31.5 Å². The lowest BCUT2D eigenvalue weighted by Gasteiger charge is -2.07. The van der Waals surface area contributed by atoms with Crippen molar-refractivity contribution in [3.63, 3.8) is 0 Å². The SMILES string of the molecule is O=C(COC(=O)CNS(=O)(=O)/C=C/c1ccccc1)Nc1ccc(F)c(F)c1. The lowest BCUT2D eigenvalue weighted by atomic mass is 10.2. The number of anilines is 1. The standard InChI is InChI=1S/C18H16F2N2O5S/c19-15-7-6-14(10-16(15)20)22-17(23)12-27-18(24)11-21-28(25,26)9-8-13-4-2-1-3-5-13/h1-10,21H,11-12H2,(H,22,23)/b9-8+. The van der Waals surface area contributed by atoms with Gasteiger partial charge in [-0.1, -0.05) is 30.3 Å². The Labute approximate surface area is 160 Å². The van der Waals surface area contributed by atoms with E-state index in [1.807, 2.05) is 4.72 Å². The third kappa shape index (κ3) is 7.25. The van der Waals surface area contributed by atoms with Crippen LogP contribution in [0, 0.1) is 11.6 Å². The molecule has 2 aromatic carbocycles. The Morgan fingerprint density at radius 2 is 1.75 bits per heavy atom. The van der Waals surface area contributed by atoms with Crippen molar-refractivity contribution in [3.8, 4) is 0 Å². The van der Waals surface area contributed by atoms with E-state index >= 15 is 0 Å². The van der Waals surface area contributed by atoms with Gasteiger partial charge in [0.25, 0.3) is 5.91 Å². The van der Waals surface area contributed by atoms with Crippen molar-refractivity contribution in [2.45, 2.75) is 0 Å². The van der Waals surface area contributed by atoms with Gasteiger partial charge >= 0.3 is 5.97 Å². The van der Waals surface area contributed by atoms with Crippen LogP contribution in [0.3, 0.4) is 0 Å². The molecule has 1 amide bonds. The van der Waals surface area contributed by atoms with Crippen molar-refractivity contribution in [2.75, 3.05) is 18.5 Å². The summed E-state index contributed by atoms with van der Waals surface area (Å²) in [7, 11) is -3.88. The van der Waals surface area contributed by atoms with E-state index in [0.717, 1.165) is 23.6 Å². The van der Waals surface area contributed by atoms with Gasteiger partial charge in [-0.25, -0.2) is 21.9 Å². The Kier molecular flexibility index (Phi) is 7.36. The number of sulfonamides is 1. The summed E-state index contributed by atoms with van der Waals surface area (Å²) < 4.78 is 56.1. The molecule has 0 bridgehead atoms. The molecule has 0 fully saturated rings. The van der Waals surface area contributed by atoms with E-state index in [0.29, 0.717) is 5.56 Å². The molecule has 0 saturated carbocycles. The lowest BCUT2D eigenvalue weighted by molar-refractivity contribution is -0.146. The van der Waals surface area contributed by atoms with Crippen LogP contribution in [-0.4, -0.2) is 33.4 Å². The van der Waals surface area contributed by atoms with Crippen molar-refractivity contribution in [2.24, 2.45) is 0 Å². The fourth-order valence-corrected chi connectivity index (χ4v) is 2.66. The van der Waals surface area contributed by atoms with Crippen molar-refractivity contribution in [3.05, 3.63) is 71.1 Å². The van der Waals surface area contributed by atoms with Crippen molar-refractivity contribution in [1.29, 1.82) is 0 Å². The monoisotopic (exact) mass is 410 g/mol. The third-order valence-corrected chi connectivity index (χ3v) is 4.27. The average Bonchev–Trinajstić information content (AvgIpc) is 2.67. The van der Waals surface area contributed by atoms with Crippen molar-refractivity contribution >= 4 is 33.7 Å². The molecular formula is C18H16F2N2O5S. The van der Waals surface area contributed by atoms with E-state index in [1.54, 1.807) is 30.3 Å². The van der Waals surface area contributed by atoms with E-state index in [9.17, 15) is 26.8 Å². The van der Waals surface area contributed by atoms with Crippen molar-refractivity contribution in [1.82, 2.24) is 4.72 Å². The largest absolute Gasteiger partial charge is 0.455 e. The molecule has 0 aliphatic heterocycles. The number of halogens is 2. The van der Waals surface area contributed by atoms with Crippen LogP contribution in [0.5, 0.6) is 0 Å².